The minimum Gasteiger partial charge on any atom is -0.473 e. The highest BCUT2D eigenvalue weighted by Gasteiger charge is 2.31. The summed E-state index contributed by atoms with van der Waals surface area (Å²) in [5.74, 6) is -2.96. The van der Waals surface area contributed by atoms with Gasteiger partial charge in [0.2, 0.25) is 21.8 Å². The molecule has 0 aromatic carbocycles. The Morgan fingerprint density at radius 1 is 1.35 bits per heavy atom. The minimum atomic E-state index is -3.76. The number of hydrogen-bond acceptors (Lipinski definition) is 6. The van der Waals surface area contributed by atoms with Gasteiger partial charge in [-0.15, -0.1) is 0 Å². The number of alkyl halides is 2. The summed E-state index contributed by atoms with van der Waals surface area (Å²) in [6.45, 7) is 1.17. The van der Waals surface area contributed by atoms with Gasteiger partial charge in [0, 0.05) is 50.5 Å². The van der Waals surface area contributed by atoms with E-state index in [1.54, 1.807) is 0 Å². The lowest BCUT2D eigenvalue weighted by molar-refractivity contribution is -0.122. The first-order chi connectivity index (χ1) is 14.5. The van der Waals surface area contributed by atoms with Crippen molar-refractivity contribution < 1.29 is 31.1 Å². The van der Waals surface area contributed by atoms with Crippen LogP contribution in [0.5, 0.6) is 5.88 Å². The molecule has 0 bridgehead atoms. The van der Waals surface area contributed by atoms with Crippen molar-refractivity contribution in [3.63, 3.8) is 0 Å². The van der Waals surface area contributed by atoms with Crippen molar-refractivity contribution in [2.45, 2.75) is 49.8 Å². The maximum atomic E-state index is 12.9. The topological polar surface area (TPSA) is 103 Å². The molecule has 0 spiro atoms. The number of ether oxygens (including phenoxy) is 1. The Morgan fingerprint density at radius 2 is 2.03 bits per heavy atom. The zero-order valence-electron chi connectivity index (χ0n) is 17.4. The zero-order valence-corrected chi connectivity index (χ0v) is 18.2. The van der Waals surface area contributed by atoms with Crippen LogP contribution >= 0.6 is 0 Å². The average molecular weight is 464 g/mol. The van der Waals surface area contributed by atoms with E-state index in [2.05, 4.69) is 4.98 Å². The van der Waals surface area contributed by atoms with E-state index < -0.39 is 22.4 Å². The van der Waals surface area contributed by atoms with Gasteiger partial charge in [0.15, 0.2) is 0 Å². The number of rotatable bonds is 11. The largest absolute Gasteiger partial charge is 0.473 e. The molecule has 0 saturated carbocycles. The number of Topliss-reactive ketones (excluding diaryl/α,β-unsaturated/α-hetero) is 1. The van der Waals surface area contributed by atoms with Crippen molar-refractivity contribution in [3.8, 4) is 5.88 Å². The van der Waals surface area contributed by atoms with E-state index in [0.717, 1.165) is 6.92 Å². The summed E-state index contributed by atoms with van der Waals surface area (Å²) in [6.07, 6.45) is 2.05. The number of halogens is 3. The molecular weight excluding hydrogens is 435 g/mol. The van der Waals surface area contributed by atoms with Gasteiger partial charge in [0.05, 0.1) is 12.5 Å². The molecule has 31 heavy (non-hydrogen) atoms. The smallest absolute Gasteiger partial charge is 0.245 e. The molecule has 1 saturated heterocycles. The maximum Gasteiger partial charge on any atom is 0.245 e. The third-order valence-corrected chi connectivity index (χ3v) is 6.98. The van der Waals surface area contributed by atoms with Gasteiger partial charge >= 0.3 is 0 Å². The first-order valence-corrected chi connectivity index (χ1v) is 11.5. The van der Waals surface area contributed by atoms with Crippen LogP contribution in [0.2, 0.25) is 0 Å². The van der Waals surface area contributed by atoms with Crippen LogP contribution in [0.1, 0.15) is 39.0 Å². The van der Waals surface area contributed by atoms with E-state index in [-0.39, 0.29) is 67.1 Å². The average Bonchev–Trinajstić information content (AvgIpc) is 2.73. The van der Waals surface area contributed by atoms with Crippen LogP contribution in [-0.4, -0.2) is 55.7 Å². The molecule has 0 atom stereocenters. The Morgan fingerprint density at radius 3 is 2.55 bits per heavy atom. The van der Waals surface area contributed by atoms with E-state index in [4.69, 9.17) is 10.5 Å². The van der Waals surface area contributed by atoms with Crippen LogP contribution in [0.4, 0.5) is 13.2 Å². The number of nitrogens with two attached hydrogens (primary N) is 1. The SMILES string of the molecule is CC(F)(F)CCC(=O)CC1CCN(S(=O)(=O)c2ccc(OC/C(=C\F)CN)nc2)CC1. The molecule has 1 aliphatic rings. The normalized spacial score (nSPS) is 17.0. The third kappa shape index (κ3) is 7.89. The van der Waals surface area contributed by atoms with E-state index >= 15 is 0 Å². The van der Waals surface area contributed by atoms with Crippen molar-refractivity contribution >= 4 is 15.8 Å². The minimum absolute atomic E-state index is 0.000337. The molecule has 7 nitrogen and oxygen atoms in total. The Bertz CT molecular complexity index is 863. The van der Waals surface area contributed by atoms with Gasteiger partial charge in [-0.3, -0.25) is 4.79 Å². The molecule has 0 amide bonds. The first-order valence-electron chi connectivity index (χ1n) is 10.0. The fourth-order valence-corrected chi connectivity index (χ4v) is 4.61. The second-order valence-electron chi connectivity index (χ2n) is 7.75. The first kappa shape index (κ1) is 25.3. The summed E-state index contributed by atoms with van der Waals surface area (Å²) in [6, 6.07) is 2.74. The van der Waals surface area contributed by atoms with Crippen molar-refractivity contribution in [1.82, 2.24) is 9.29 Å². The lowest BCUT2D eigenvalue weighted by Gasteiger charge is -2.31. The highest BCUT2D eigenvalue weighted by Crippen LogP contribution is 2.27. The Kier molecular flexibility index (Phi) is 9.01. The summed E-state index contributed by atoms with van der Waals surface area (Å²) in [7, 11) is -3.76. The molecule has 1 aromatic heterocycles. The van der Waals surface area contributed by atoms with Gasteiger partial charge in [-0.1, -0.05) is 0 Å². The molecule has 2 N–H and O–H groups in total. The molecule has 11 heteroatoms. The van der Waals surface area contributed by atoms with Crippen molar-refractivity contribution in [2.24, 2.45) is 11.7 Å². The third-order valence-electron chi connectivity index (χ3n) is 5.10. The number of carbonyl (C=O) groups excluding carboxylic acids is 1. The zero-order chi connectivity index (χ0) is 23.1. The van der Waals surface area contributed by atoms with E-state index in [0.29, 0.717) is 19.2 Å². The van der Waals surface area contributed by atoms with Crippen LogP contribution in [0.25, 0.3) is 0 Å². The van der Waals surface area contributed by atoms with E-state index in [1.165, 1.54) is 22.6 Å². The maximum absolute atomic E-state index is 12.9. The van der Waals surface area contributed by atoms with Crippen molar-refractivity contribution in [3.05, 3.63) is 30.2 Å². The summed E-state index contributed by atoms with van der Waals surface area (Å²) < 4.78 is 70.5. The van der Waals surface area contributed by atoms with E-state index in [9.17, 15) is 26.4 Å². The lowest BCUT2D eigenvalue weighted by Crippen LogP contribution is -2.38. The molecular formula is C20H28F3N3O4S. The van der Waals surface area contributed by atoms with Crippen LogP contribution < -0.4 is 10.5 Å². The molecule has 0 aliphatic carbocycles. The highest BCUT2D eigenvalue weighted by atomic mass is 32.2. The predicted octanol–water partition coefficient (Wildman–Crippen LogP) is 3.07. The number of pyridine rings is 1. The van der Waals surface area contributed by atoms with Crippen LogP contribution in [-0.2, 0) is 14.8 Å². The monoisotopic (exact) mass is 463 g/mol. The standard InChI is InChI=1S/C20H28F3N3O4S/c1-20(22,23)7-4-17(27)10-15-5-8-26(9-6-15)31(28,29)18-2-3-19(25-13-18)30-14-16(11-21)12-24/h2-3,11,13,15H,4-10,12,14,24H2,1H3/b16-11-. The molecule has 1 aliphatic heterocycles. The van der Waals surface area contributed by atoms with Gasteiger partial charge in [0.25, 0.3) is 0 Å². The quantitative estimate of drug-likeness (QED) is 0.541. The van der Waals surface area contributed by atoms with Crippen LogP contribution in [0, 0.1) is 5.92 Å². The van der Waals surface area contributed by atoms with Gasteiger partial charge in [0.1, 0.15) is 17.3 Å². The van der Waals surface area contributed by atoms with Gasteiger partial charge < -0.3 is 10.5 Å². The van der Waals surface area contributed by atoms with Gasteiger partial charge in [-0.25, -0.2) is 26.6 Å². The number of piperidine rings is 1. The fourth-order valence-electron chi connectivity index (χ4n) is 3.19. The van der Waals surface area contributed by atoms with E-state index in [1.807, 2.05) is 0 Å². The van der Waals surface area contributed by atoms with Gasteiger partial charge in [-0.05, 0) is 31.7 Å². The Hall–Kier alpha value is -1.98. The molecule has 174 valence electrons. The summed E-state index contributed by atoms with van der Waals surface area (Å²) in [5.41, 5.74) is 5.58. The number of hydrogen-bond donors (Lipinski definition) is 1. The lowest BCUT2D eigenvalue weighted by atomic mass is 9.91. The molecule has 2 heterocycles. The van der Waals surface area contributed by atoms with Crippen molar-refractivity contribution in [1.29, 1.82) is 0 Å². The number of aromatic nitrogens is 1. The number of nitrogens with zero attached hydrogens (tertiary/aromatic N) is 2. The van der Waals surface area contributed by atoms with Crippen LogP contribution in [0.15, 0.2) is 35.1 Å². The Labute approximate surface area is 180 Å². The molecule has 0 radical (unpaired) electrons. The Balaban J connectivity index is 1.87. The van der Waals surface area contributed by atoms with Gasteiger partial charge in [-0.2, -0.15) is 4.31 Å². The summed E-state index contributed by atoms with van der Waals surface area (Å²) in [4.78, 5) is 15.9. The molecule has 1 aromatic rings. The summed E-state index contributed by atoms with van der Waals surface area (Å²) >= 11 is 0. The molecule has 2 rings (SSSR count). The molecule has 0 unspecified atom stereocenters. The number of carbonyl (C=O) groups is 1. The van der Waals surface area contributed by atoms with Crippen molar-refractivity contribution in [2.75, 3.05) is 26.2 Å². The second-order valence-corrected chi connectivity index (χ2v) is 9.69. The number of sulfonamides is 1. The van der Waals surface area contributed by atoms with Crippen LogP contribution in [0.3, 0.4) is 0 Å². The second kappa shape index (κ2) is 11.1. The fraction of sp³-hybridized carbons (Fsp3) is 0.600. The molecule has 1 fully saturated rings. The predicted molar refractivity (Wildman–Crippen MR) is 109 cm³/mol. The summed E-state index contributed by atoms with van der Waals surface area (Å²) in [5, 5.41) is 0. The number of ketones is 1. The highest BCUT2D eigenvalue weighted by molar-refractivity contribution is 7.89.